The molecule has 3 nitrogen and oxygen atoms in total. The Labute approximate surface area is 59.9 Å². The standard InChI is InChI=1S/C7H12O3/c1-3-5(8)7-6(10-7)4(2)9-3/h3-8H,1-2H3/t3-,4-,5-,6+,7-/m1/s1. The zero-order valence-electron chi connectivity index (χ0n) is 6.15. The maximum atomic E-state index is 9.36. The van der Waals surface area contributed by atoms with Crippen LogP contribution in [0.25, 0.3) is 0 Å². The van der Waals surface area contributed by atoms with Crippen molar-refractivity contribution in [3.8, 4) is 0 Å². The minimum atomic E-state index is -0.416. The van der Waals surface area contributed by atoms with Crippen molar-refractivity contribution in [1.29, 1.82) is 0 Å². The van der Waals surface area contributed by atoms with Crippen molar-refractivity contribution in [2.45, 2.75) is 44.4 Å². The van der Waals surface area contributed by atoms with Gasteiger partial charge in [-0.25, -0.2) is 0 Å². The normalized spacial score (nSPS) is 59.7. The zero-order valence-corrected chi connectivity index (χ0v) is 6.15. The van der Waals surface area contributed by atoms with E-state index in [1.54, 1.807) is 0 Å². The molecule has 2 saturated heterocycles. The van der Waals surface area contributed by atoms with Crippen LogP contribution in [0.3, 0.4) is 0 Å². The van der Waals surface area contributed by atoms with Crippen LogP contribution < -0.4 is 0 Å². The molecular formula is C7H12O3. The average molecular weight is 144 g/mol. The Morgan fingerprint density at radius 3 is 2.40 bits per heavy atom. The molecule has 0 aromatic rings. The predicted molar refractivity (Wildman–Crippen MR) is 34.7 cm³/mol. The summed E-state index contributed by atoms with van der Waals surface area (Å²) >= 11 is 0. The third-order valence-corrected chi connectivity index (χ3v) is 2.27. The molecule has 2 rings (SSSR count). The molecule has 2 aliphatic heterocycles. The lowest BCUT2D eigenvalue weighted by atomic mass is 10.0. The Hall–Kier alpha value is -0.120. The molecule has 5 atom stereocenters. The highest BCUT2D eigenvalue weighted by molar-refractivity contribution is 5.00. The topological polar surface area (TPSA) is 42.0 Å². The summed E-state index contributed by atoms with van der Waals surface area (Å²) in [5.41, 5.74) is 0. The van der Waals surface area contributed by atoms with Crippen LogP contribution in [-0.4, -0.2) is 35.6 Å². The fraction of sp³-hybridized carbons (Fsp3) is 1.00. The zero-order chi connectivity index (χ0) is 7.30. The van der Waals surface area contributed by atoms with Crippen LogP contribution >= 0.6 is 0 Å². The molecule has 0 amide bonds. The summed E-state index contributed by atoms with van der Waals surface area (Å²) in [6, 6.07) is 0. The number of ether oxygens (including phenoxy) is 2. The van der Waals surface area contributed by atoms with E-state index in [9.17, 15) is 5.11 Å². The van der Waals surface area contributed by atoms with E-state index in [0.717, 1.165) is 0 Å². The molecule has 3 heteroatoms. The summed E-state index contributed by atoms with van der Waals surface area (Å²) in [4.78, 5) is 0. The smallest absolute Gasteiger partial charge is 0.115 e. The largest absolute Gasteiger partial charge is 0.388 e. The molecule has 58 valence electrons. The highest BCUT2D eigenvalue weighted by Crippen LogP contribution is 2.36. The van der Waals surface area contributed by atoms with Gasteiger partial charge in [0, 0.05) is 0 Å². The van der Waals surface area contributed by atoms with Crippen molar-refractivity contribution < 1.29 is 14.6 Å². The van der Waals surface area contributed by atoms with Crippen LogP contribution in [0.4, 0.5) is 0 Å². The van der Waals surface area contributed by atoms with E-state index in [4.69, 9.17) is 9.47 Å². The molecule has 0 saturated carbocycles. The van der Waals surface area contributed by atoms with Gasteiger partial charge in [-0.1, -0.05) is 0 Å². The van der Waals surface area contributed by atoms with E-state index in [1.165, 1.54) is 0 Å². The van der Waals surface area contributed by atoms with E-state index in [-0.39, 0.29) is 24.4 Å². The maximum Gasteiger partial charge on any atom is 0.115 e. The van der Waals surface area contributed by atoms with Crippen LogP contribution in [0.5, 0.6) is 0 Å². The third kappa shape index (κ3) is 0.779. The van der Waals surface area contributed by atoms with Crippen molar-refractivity contribution in [3.05, 3.63) is 0 Å². The number of aliphatic hydroxyl groups excluding tert-OH is 1. The molecule has 0 aliphatic carbocycles. The number of hydrogen-bond donors (Lipinski definition) is 1. The van der Waals surface area contributed by atoms with Gasteiger partial charge in [-0.05, 0) is 13.8 Å². The van der Waals surface area contributed by atoms with Crippen LogP contribution in [0.2, 0.25) is 0 Å². The summed E-state index contributed by atoms with van der Waals surface area (Å²) in [6.07, 6.45) is -0.117. The Morgan fingerprint density at radius 2 is 1.70 bits per heavy atom. The maximum absolute atomic E-state index is 9.36. The van der Waals surface area contributed by atoms with Crippen LogP contribution in [0, 0.1) is 0 Å². The highest BCUT2D eigenvalue weighted by Gasteiger charge is 2.54. The van der Waals surface area contributed by atoms with E-state index in [1.807, 2.05) is 13.8 Å². The Balaban J connectivity index is 2.05. The summed E-state index contributed by atoms with van der Waals surface area (Å²) in [5, 5.41) is 9.36. The minimum absolute atomic E-state index is 0.0544. The summed E-state index contributed by atoms with van der Waals surface area (Å²) in [5.74, 6) is 0. The molecule has 0 bridgehead atoms. The number of hydrogen-bond acceptors (Lipinski definition) is 3. The highest BCUT2D eigenvalue weighted by atomic mass is 16.7. The van der Waals surface area contributed by atoms with Gasteiger partial charge >= 0.3 is 0 Å². The summed E-state index contributed by atoms with van der Waals surface area (Å²) < 4.78 is 10.6. The molecule has 2 fully saturated rings. The number of aliphatic hydroxyl groups is 1. The first-order chi connectivity index (χ1) is 4.70. The molecule has 10 heavy (non-hydrogen) atoms. The molecule has 0 aromatic heterocycles. The van der Waals surface area contributed by atoms with Gasteiger partial charge in [-0.2, -0.15) is 0 Å². The fourth-order valence-corrected chi connectivity index (χ4v) is 1.55. The van der Waals surface area contributed by atoms with Gasteiger partial charge in [0.2, 0.25) is 0 Å². The fourth-order valence-electron chi connectivity index (χ4n) is 1.55. The molecular weight excluding hydrogens is 132 g/mol. The molecule has 0 spiro atoms. The van der Waals surface area contributed by atoms with Gasteiger partial charge in [0.1, 0.15) is 18.3 Å². The molecule has 2 heterocycles. The second-order valence-electron chi connectivity index (χ2n) is 3.10. The SMILES string of the molecule is C[C@H]1O[C@H](C)[C@@H]2O[C@@H]2[C@@H]1O. The second-order valence-corrected chi connectivity index (χ2v) is 3.10. The van der Waals surface area contributed by atoms with Crippen molar-refractivity contribution in [3.63, 3.8) is 0 Å². The minimum Gasteiger partial charge on any atom is -0.388 e. The predicted octanol–water partition coefficient (Wildman–Crippen LogP) is -0.0781. The Morgan fingerprint density at radius 1 is 1.00 bits per heavy atom. The first-order valence-electron chi connectivity index (χ1n) is 3.69. The van der Waals surface area contributed by atoms with Crippen LogP contribution in [-0.2, 0) is 9.47 Å². The van der Waals surface area contributed by atoms with Gasteiger partial charge in [0.15, 0.2) is 0 Å². The molecule has 0 aromatic carbocycles. The van der Waals surface area contributed by atoms with Crippen LogP contribution in [0.1, 0.15) is 13.8 Å². The first kappa shape index (κ1) is 6.58. The molecule has 0 radical (unpaired) electrons. The van der Waals surface area contributed by atoms with E-state index in [2.05, 4.69) is 0 Å². The first-order valence-corrected chi connectivity index (χ1v) is 3.69. The number of epoxide rings is 1. The Bertz CT molecular complexity index is 146. The van der Waals surface area contributed by atoms with E-state index < -0.39 is 6.10 Å². The van der Waals surface area contributed by atoms with Gasteiger partial charge in [-0.3, -0.25) is 0 Å². The quantitative estimate of drug-likeness (QED) is 0.483. The van der Waals surface area contributed by atoms with Crippen molar-refractivity contribution >= 4 is 0 Å². The van der Waals surface area contributed by atoms with E-state index >= 15 is 0 Å². The second kappa shape index (κ2) is 1.94. The van der Waals surface area contributed by atoms with Crippen LogP contribution in [0.15, 0.2) is 0 Å². The monoisotopic (exact) mass is 144 g/mol. The van der Waals surface area contributed by atoms with Gasteiger partial charge in [0.25, 0.3) is 0 Å². The summed E-state index contributed by atoms with van der Waals surface area (Å²) in [6.45, 7) is 3.85. The van der Waals surface area contributed by atoms with Crippen molar-refractivity contribution in [2.75, 3.05) is 0 Å². The van der Waals surface area contributed by atoms with Crippen molar-refractivity contribution in [1.82, 2.24) is 0 Å². The molecule has 0 unspecified atom stereocenters. The third-order valence-electron chi connectivity index (χ3n) is 2.27. The lowest BCUT2D eigenvalue weighted by Gasteiger charge is -2.25. The van der Waals surface area contributed by atoms with Gasteiger partial charge < -0.3 is 14.6 Å². The van der Waals surface area contributed by atoms with Gasteiger partial charge in [-0.15, -0.1) is 0 Å². The van der Waals surface area contributed by atoms with Gasteiger partial charge in [0.05, 0.1) is 12.2 Å². The van der Waals surface area contributed by atoms with E-state index in [0.29, 0.717) is 0 Å². The number of fused-ring (bicyclic) bond motifs is 1. The Kier molecular flexibility index (Phi) is 1.27. The lowest BCUT2D eigenvalue weighted by molar-refractivity contribution is -0.0836. The average Bonchev–Trinajstić information content (AvgIpc) is 2.61. The molecule has 1 N–H and O–H groups in total. The summed E-state index contributed by atoms with van der Waals surface area (Å²) in [7, 11) is 0. The van der Waals surface area contributed by atoms with Crippen molar-refractivity contribution in [2.24, 2.45) is 0 Å². The lowest BCUT2D eigenvalue weighted by Crippen LogP contribution is -2.42. The molecule has 2 aliphatic rings. The number of rotatable bonds is 0.